The lowest BCUT2D eigenvalue weighted by Crippen LogP contribution is -1.97. The summed E-state index contributed by atoms with van der Waals surface area (Å²) in [4.78, 5) is 8.84. The smallest absolute Gasteiger partial charge is 0.128 e. The van der Waals surface area contributed by atoms with Crippen molar-refractivity contribution in [1.29, 1.82) is 0 Å². The van der Waals surface area contributed by atoms with E-state index in [1.807, 2.05) is 42.7 Å². The molecular formula is C17H23N3. The van der Waals surface area contributed by atoms with Crippen molar-refractivity contribution in [2.24, 2.45) is 0 Å². The first-order valence-electron chi connectivity index (χ1n) is 7.51. The molecule has 0 bridgehead atoms. The van der Waals surface area contributed by atoms with Crippen LogP contribution in [0.2, 0.25) is 0 Å². The van der Waals surface area contributed by atoms with Crippen LogP contribution in [0.5, 0.6) is 0 Å². The normalized spacial score (nSPS) is 10.4. The Balaban J connectivity index is 1.78. The highest BCUT2D eigenvalue weighted by Gasteiger charge is 1.99. The molecular weight excluding hydrogens is 246 g/mol. The van der Waals surface area contributed by atoms with Gasteiger partial charge in [0.05, 0.1) is 18.1 Å². The molecule has 3 nitrogen and oxygen atoms in total. The maximum absolute atomic E-state index is 4.42. The van der Waals surface area contributed by atoms with Crippen LogP contribution in [0, 0.1) is 0 Å². The van der Waals surface area contributed by atoms with E-state index in [1.165, 1.54) is 32.1 Å². The third-order valence-electron chi connectivity index (χ3n) is 3.27. The fraction of sp³-hybridized carbons (Fsp3) is 0.412. The lowest BCUT2D eigenvalue weighted by molar-refractivity contribution is 0.622. The maximum atomic E-state index is 4.42. The second-order valence-corrected chi connectivity index (χ2v) is 5.04. The number of benzene rings is 1. The third kappa shape index (κ3) is 5.00. The van der Waals surface area contributed by atoms with Crippen LogP contribution in [0.4, 0.5) is 11.4 Å². The minimum Gasteiger partial charge on any atom is -0.353 e. The van der Waals surface area contributed by atoms with Crippen LogP contribution in [0.15, 0.2) is 42.7 Å². The van der Waals surface area contributed by atoms with Crippen molar-refractivity contribution in [2.75, 3.05) is 5.32 Å². The predicted octanol–water partition coefficient (Wildman–Crippen LogP) is 4.73. The zero-order chi connectivity index (χ0) is 14.0. The van der Waals surface area contributed by atoms with Crippen molar-refractivity contribution in [2.45, 2.75) is 45.4 Å². The molecule has 0 aliphatic heterocycles. The lowest BCUT2D eigenvalue weighted by Gasteiger charge is -2.06. The SMILES string of the molecule is CCCCCCCc1ncc(Nc2ccccc2)cn1. The molecule has 0 aliphatic rings. The molecule has 1 heterocycles. The van der Waals surface area contributed by atoms with E-state index in [-0.39, 0.29) is 0 Å². The molecule has 2 aromatic rings. The lowest BCUT2D eigenvalue weighted by atomic mass is 10.1. The Morgan fingerprint density at radius 2 is 1.55 bits per heavy atom. The van der Waals surface area contributed by atoms with Gasteiger partial charge >= 0.3 is 0 Å². The van der Waals surface area contributed by atoms with Gasteiger partial charge in [-0.05, 0) is 18.6 Å². The molecule has 3 heteroatoms. The fourth-order valence-corrected chi connectivity index (χ4v) is 2.12. The number of anilines is 2. The Bertz CT molecular complexity index is 479. The van der Waals surface area contributed by atoms with Gasteiger partial charge in [0, 0.05) is 12.1 Å². The van der Waals surface area contributed by atoms with Gasteiger partial charge in [-0.1, -0.05) is 50.8 Å². The third-order valence-corrected chi connectivity index (χ3v) is 3.27. The van der Waals surface area contributed by atoms with E-state index in [9.17, 15) is 0 Å². The van der Waals surface area contributed by atoms with E-state index in [0.717, 1.165) is 23.6 Å². The van der Waals surface area contributed by atoms with E-state index >= 15 is 0 Å². The summed E-state index contributed by atoms with van der Waals surface area (Å²) >= 11 is 0. The minimum atomic E-state index is 0.936. The zero-order valence-corrected chi connectivity index (χ0v) is 12.2. The van der Waals surface area contributed by atoms with Crippen LogP contribution in [-0.2, 0) is 6.42 Å². The van der Waals surface area contributed by atoms with Crippen molar-refractivity contribution in [3.8, 4) is 0 Å². The van der Waals surface area contributed by atoms with E-state index in [2.05, 4.69) is 22.2 Å². The Morgan fingerprint density at radius 1 is 0.850 bits per heavy atom. The molecule has 2 rings (SSSR count). The molecule has 0 atom stereocenters. The summed E-state index contributed by atoms with van der Waals surface area (Å²) in [5.41, 5.74) is 1.99. The second-order valence-electron chi connectivity index (χ2n) is 5.04. The van der Waals surface area contributed by atoms with Crippen LogP contribution < -0.4 is 5.32 Å². The summed E-state index contributed by atoms with van der Waals surface area (Å²) in [7, 11) is 0. The van der Waals surface area contributed by atoms with E-state index in [1.54, 1.807) is 0 Å². The molecule has 0 radical (unpaired) electrons. The monoisotopic (exact) mass is 269 g/mol. The van der Waals surface area contributed by atoms with Gasteiger partial charge in [-0.2, -0.15) is 0 Å². The quantitative estimate of drug-likeness (QED) is 0.704. The van der Waals surface area contributed by atoms with Crippen molar-refractivity contribution in [3.63, 3.8) is 0 Å². The molecule has 1 N–H and O–H groups in total. The zero-order valence-electron chi connectivity index (χ0n) is 12.2. The molecule has 0 amide bonds. The van der Waals surface area contributed by atoms with Crippen molar-refractivity contribution < 1.29 is 0 Å². The number of aromatic nitrogens is 2. The van der Waals surface area contributed by atoms with E-state index in [0.29, 0.717) is 0 Å². The molecule has 0 unspecified atom stereocenters. The highest BCUT2D eigenvalue weighted by Crippen LogP contribution is 2.14. The maximum Gasteiger partial charge on any atom is 0.128 e. The number of hydrogen-bond donors (Lipinski definition) is 1. The first-order chi connectivity index (χ1) is 9.88. The van der Waals surface area contributed by atoms with Gasteiger partial charge < -0.3 is 5.32 Å². The number of nitrogens with zero attached hydrogens (tertiary/aromatic N) is 2. The predicted molar refractivity (Wildman–Crippen MR) is 84.2 cm³/mol. The molecule has 0 saturated heterocycles. The highest BCUT2D eigenvalue weighted by atomic mass is 14.9. The average molecular weight is 269 g/mol. The summed E-state index contributed by atoms with van der Waals surface area (Å²) in [6.45, 7) is 2.24. The first kappa shape index (κ1) is 14.5. The Hall–Kier alpha value is -1.90. The molecule has 0 spiro atoms. The molecule has 0 saturated carbocycles. The average Bonchev–Trinajstić information content (AvgIpc) is 2.50. The van der Waals surface area contributed by atoms with Gasteiger partial charge in [0.15, 0.2) is 0 Å². The first-order valence-corrected chi connectivity index (χ1v) is 7.51. The van der Waals surface area contributed by atoms with Gasteiger partial charge in [0.25, 0.3) is 0 Å². The number of rotatable bonds is 8. The van der Waals surface area contributed by atoms with E-state index < -0.39 is 0 Å². The number of unbranched alkanes of at least 4 members (excludes halogenated alkanes) is 4. The topological polar surface area (TPSA) is 37.8 Å². The van der Waals surface area contributed by atoms with Gasteiger partial charge in [-0.3, -0.25) is 0 Å². The summed E-state index contributed by atoms with van der Waals surface area (Å²) < 4.78 is 0. The molecule has 1 aromatic heterocycles. The van der Waals surface area contributed by atoms with Crippen LogP contribution >= 0.6 is 0 Å². The second kappa shape index (κ2) is 8.31. The van der Waals surface area contributed by atoms with Gasteiger partial charge in [0.1, 0.15) is 5.82 Å². The fourth-order valence-electron chi connectivity index (χ4n) is 2.12. The van der Waals surface area contributed by atoms with Crippen LogP contribution in [0.3, 0.4) is 0 Å². The summed E-state index contributed by atoms with van der Waals surface area (Å²) in [6.07, 6.45) is 11.1. The van der Waals surface area contributed by atoms with Gasteiger partial charge in [-0.25, -0.2) is 9.97 Å². The number of para-hydroxylation sites is 1. The molecule has 0 fully saturated rings. The largest absolute Gasteiger partial charge is 0.353 e. The highest BCUT2D eigenvalue weighted by molar-refractivity contribution is 5.57. The van der Waals surface area contributed by atoms with Crippen molar-refractivity contribution in [1.82, 2.24) is 9.97 Å². The molecule has 106 valence electrons. The molecule has 0 aliphatic carbocycles. The van der Waals surface area contributed by atoms with Crippen molar-refractivity contribution in [3.05, 3.63) is 48.5 Å². The van der Waals surface area contributed by atoms with Crippen LogP contribution in [-0.4, -0.2) is 9.97 Å². The molecule has 1 aromatic carbocycles. The van der Waals surface area contributed by atoms with Crippen molar-refractivity contribution >= 4 is 11.4 Å². The number of aryl methyl sites for hydroxylation is 1. The minimum absolute atomic E-state index is 0.936. The standard InChI is InChI=1S/C17H23N3/c1-2-3-4-5-9-12-17-18-13-16(14-19-17)20-15-10-7-6-8-11-15/h6-8,10-11,13-14,20H,2-5,9,12H2,1H3. The number of hydrogen-bond acceptors (Lipinski definition) is 3. The number of nitrogens with one attached hydrogen (secondary N) is 1. The Kier molecular flexibility index (Phi) is 6.03. The summed E-state index contributed by atoms with van der Waals surface area (Å²) in [5.74, 6) is 0.945. The van der Waals surface area contributed by atoms with Crippen LogP contribution in [0.25, 0.3) is 0 Å². The Morgan fingerprint density at radius 3 is 2.25 bits per heavy atom. The van der Waals surface area contributed by atoms with Gasteiger partial charge in [0.2, 0.25) is 0 Å². The van der Waals surface area contributed by atoms with E-state index in [4.69, 9.17) is 0 Å². The van der Waals surface area contributed by atoms with Crippen LogP contribution in [0.1, 0.15) is 44.9 Å². The van der Waals surface area contributed by atoms with Gasteiger partial charge in [-0.15, -0.1) is 0 Å². The summed E-state index contributed by atoms with van der Waals surface area (Å²) in [5, 5.41) is 3.29. The Labute approximate surface area is 121 Å². The summed E-state index contributed by atoms with van der Waals surface area (Å²) in [6, 6.07) is 10.1. The molecule has 20 heavy (non-hydrogen) atoms.